The number of H-pyrrole nitrogens is 1. The molecule has 1 saturated heterocycles. The van der Waals surface area contributed by atoms with Crippen LogP contribution in [0.25, 0.3) is 22.5 Å². The van der Waals surface area contributed by atoms with Crippen molar-refractivity contribution in [2.75, 3.05) is 26.2 Å². The number of urea groups is 1. The smallest absolute Gasteiger partial charge is 0.320 e. The molecule has 0 spiro atoms. The Bertz CT molecular complexity index is 1130. The van der Waals surface area contributed by atoms with E-state index in [0.717, 1.165) is 46.7 Å². The SMILES string of the molecule is N#CC1CCN(C(=O)N2CCOc3ccc(-c4ccc(-c5ncc[nH]5)cc4)cc3C2)CC1. The van der Waals surface area contributed by atoms with Crippen LogP contribution < -0.4 is 4.74 Å². The van der Waals surface area contributed by atoms with Gasteiger partial charge in [0.1, 0.15) is 18.2 Å². The summed E-state index contributed by atoms with van der Waals surface area (Å²) in [6, 6.07) is 16.8. The van der Waals surface area contributed by atoms with Gasteiger partial charge in [-0.15, -0.1) is 0 Å². The average Bonchev–Trinajstić information content (AvgIpc) is 3.30. The largest absolute Gasteiger partial charge is 0.491 e. The Morgan fingerprint density at radius 2 is 1.78 bits per heavy atom. The molecule has 0 aliphatic carbocycles. The highest BCUT2D eigenvalue weighted by molar-refractivity contribution is 5.75. The zero-order valence-electron chi connectivity index (χ0n) is 17.8. The number of piperidine rings is 1. The molecule has 7 heteroatoms. The Labute approximate surface area is 187 Å². The van der Waals surface area contributed by atoms with Crippen molar-refractivity contribution in [1.82, 2.24) is 19.8 Å². The minimum Gasteiger partial charge on any atom is -0.491 e. The number of likely N-dealkylation sites (tertiary alicyclic amines) is 1. The number of carbonyl (C=O) groups is 1. The van der Waals surface area contributed by atoms with Crippen molar-refractivity contribution < 1.29 is 9.53 Å². The van der Waals surface area contributed by atoms with Gasteiger partial charge in [0.15, 0.2) is 0 Å². The topological polar surface area (TPSA) is 85.2 Å². The van der Waals surface area contributed by atoms with E-state index in [9.17, 15) is 4.79 Å². The molecule has 2 aromatic carbocycles. The Morgan fingerprint density at radius 3 is 2.50 bits per heavy atom. The van der Waals surface area contributed by atoms with Crippen molar-refractivity contribution in [1.29, 1.82) is 5.26 Å². The fraction of sp³-hybridized carbons (Fsp3) is 0.320. The maximum absolute atomic E-state index is 13.1. The molecular weight excluding hydrogens is 402 g/mol. The van der Waals surface area contributed by atoms with Crippen molar-refractivity contribution >= 4 is 6.03 Å². The molecule has 2 aliphatic heterocycles. The minimum atomic E-state index is 0.0334. The Balaban J connectivity index is 1.33. The van der Waals surface area contributed by atoms with Gasteiger partial charge in [-0.1, -0.05) is 30.3 Å². The third-order valence-electron chi connectivity index (χ3n) is 6.25. The Kier molecular flexibility index (Phi) is 5.51. The lowest BCUT2D eigenvalue weighted by atomic mass is 9.99. The van der Waals surface area contributed by atoms with Crippen LogP contribution >= 0.6 is 0 Å². The highest BCUT2D eigenvalue weighted by Gasteiger charge is 2.28. The summed E-state index contributed by atoms with van der Waals surface area (Å²) < 4.78 is 5.94. The number of hydrogen-bond donors (Lipinski definition) is 1. The lowest BCUT2D eigenvalue weighted by molar-refractivity contribution is 0.132. The molecule has 0 bridgehead atoms. The summed E-state index contributed by atoms with van der Waals surface area (Å²) in [4.78, 5) is 24.3. The number of aromatic amines is 1. The number of nitriles is 1. The van der Waals surface area contributed by atoms with Gasteiger partial charge < -0.3 is 19.5 Å². The maximum Gasteiger partial charge on any atom is 0.320 e. The van der Waals surface area contributed by atoms with Crippen LogP contribution in [0.5, 0.6) is 5.75 Å². The highest BCUT2D eigenvalue weighted by Crippen LogP contribution is 2.31. The Hall–Kier alpha value is -3.79. The molecule has 3 aromatic rings. The lowest BCUT2D eigenvalue weighted by Gasteiger charge is -2.33. The number of aromatic nitrogens is 2. The van der Waals surface area contributed by atoms with Crippen LogP contribution in [-0.2, 0) is 6.54 Å². The number of amides is 2. The standard InChI is InChI=1S/C25H25N5O2/c26-16-18-7-11-29(12-8-18)25(31)30-13-14-32-23-6-5-21(15-22(23)17-30)19-1-3-20(4-2-19)24-27-9-10-28-24/h1-6,9-10,15,18H,7-8,11-14,17H2,(H,27,28). The van der Waals surface area contributed by atoms with Crippen LogP contribution in [0.3, 0.4) is 0 Å². The van der Waals surface area contributed by atoms with Crippen molar-refractivity contribution in [3.63, 3.8) is 0 Å². The highest BCUT2D eigenvalue weighted by atomic mass is 16.5. The normalized spacial score (nSPS) is 16.6. The van der Waals surface area contributed by atoms with Gasteiger partial charge >= 0.3 is 6.03 Å². The van der Waals surface area contributed by atoms with Crippen molar-refractivity contribution in [2.24, 2.45) is 5.92 Å². The molecule has 2 aliphatic rings. The summed E-state index contributed by atoms with van der Waals surface area (Å²) in [6.07, 6.45) is 5.06. The molecule has 0 unspecified atom stereocenters. The molecule has 2 amide bonds. The lowest BCUT2D eigenvalue weighted by Crippen LogP contribution is -2.46. The summed E-state index contributed by atoms with van der Waals surface area (Å²) in [5, 5.41) is 9.11. The number of rotatable bonds is 2. The molecule has 0 saturated carbocycles. The van der Waals surface area contributed by atoms with Crippen LogP contribution in [0.1, 0.15) is 18.4 Å². The van der Waals surface area contributed by atoms with Gasteiger partial charge in [0.2, 0.25) is 0 Å². The van der Waals surface area contributed by atoms with E-state index in [4.69, 9.17) is 10.00 Å². The van der Waals surface area contributed by atoms with Crippen molar-refractivity contribution in [2.45, 2.75) is 19.4 Å². The third-order valence-corrected chi connectivity index (χ3v) is 6.25. The minimum absolute atomic E-state index is 0.0334. The van der Waals surface area contributed by atoms with Crippen LogP contribution in [0.15, 0.2) is 54.9 Å². The molecule has 1 fully saturated rings. The third kappa shape index (κ3) is 4.04. The van der Waals surface area contributed by atoms with E-state index in [1.54, 1.807) is 6.20 Å². The summed E-state index contributed by atoms with van der Waals surface area (Å²) in [5.74, 6) is 1.74. The van der Waals surface area contributed by atoms with E-state index in [2.05, 4.69) is 52.4 Å². The van der Waals surface area contributed by atoms with Gasteiger partial charge in [0.25, 0.3) is 0 Å². The van der Waals surface area contributed by atoms with Crippen LogP contribution in [0.4, 0.5) is 4.79 Å². The molecular formula is C25H25N5O2. The maximum atomic E-state index is 13.1. The van der Waals surface area contributed by atoms with E-state index in [1.807, 2.05) is 22.1 Å². The van der Waals surface area contributed by atoms with Crippen LogP contribution in [0, 0.1) is 17.2 Å². The first kappa shape index (κ1) is 20.1. The Morgan fingerprint density at radius 1 is 1.03 bits per heavy atom. The molecule has 3 heterocycles. The first-order chi connectivity index (χ1) is 15.7. The monoisotopic (exact) mass is 427 g/mol. The van der Waals surface area contributed by atoms with Gasteiger partial charge in [-0.25, -0.2) is 9.78 Å². The van der Waals surface area contributed by atoms with Gasteiger partial charge in [-0.2, -0.15) is 5.26 Å². The number of carbonyl (C=O) groups excluding carboxylic acids is 1. The molecule has 5 rings (SSSR count). The molecule has 7 nitrogen and oxygen atoms in total. The first-order valence-electron chi connectivity index (χ1n) is 11.0. The second-order valence-electron chi connectivity index (χ2n) is 8.28. The van der Waals surface area contributed by atoms with E-state index in [0.29, 0.717) is 32.8 Å². The van der Waals surface area contributed by atoms with E-state index < -0.39 is 0 Å². The molecule has 0 radical (unpaired) electrons. The number of fused-ring (bicyclic) bond motifs is 1. The van der Waals surface area contributed by atoms with Crippen LogP contribution in [0.2, 0.25) is 0 Å². The molecule has 32 heavy (non-hydrogen) atoms. The number of imidazole rings is 1. The van der Waals surface area contributed by atoms with Gasteiger partial charge in [0, 0.05) is 42.5 Å². The van der Waals surface area contributed by atoms with E-state index >= 15 is 0 Å². The average molecular weight is 428 g/mol. The predicted octanol–water partition coefficient (Wildman–Crippen LogP) is 4.29. The fourth-order valence-corrected chi connectivity index (χ4v) is 4.38. The van der Waals surface area contributed by atoms with Crippen molar-refractivity contribution in [3.8, 4) is 34.3 Å². The zero-order valence-corrected chi connectivity index (χ0v) is 17.8. The molecule has 1 aromatic heterocycles. The quantitative estimate of drug-likeness (QED) is 0.661. The van der Waals surface area contributed by atoms with Crippen LogP contribution in [-0.4, -0.2) is 52.0 Å². The summed E-state index contributed by atoms with van der Waals surface area (Å²) >= 11 is 0. The van der Waals surface area contributed by atoms with Gasteiger partial charge in [0.05, 0.1) is 19.2 Å². The zero-order chi connectivity index (χ0) is 21.9. The number of ether oxygens (including phenoxy) is 1. The fourth-order valence-electron chi connectivity index (χ4n) is 4.38. The number of hydrogen-bond acceptors (Lipinski definition) is 4. The molecule has 0 atom stereocenters. The number of nitrogens with one attached hydrogen (secondary N) is 1. The van der Waals surface area contributed by atoms with E-state index in [1.165, 1.54) is 0 Å². The van der Waals surface area contributed by atoms with Gasteiger partial charge in [-0.05, 0) is 36.1 Å². The predicted molar refractivity (Wildman–Crippen MR) is 121 cm³/mol. The summed E-state index contributed by atoms with van der Waals surface area (Å²) in [7, 11) is 0. The molecule has 1 N–H and O–H groups in total. The number of benzene rings is 2. The van der Waals surface area contributed by atoms with E-state index in [-0.39, 0.29) is 11.9 Å². The number of nitrogens with zero attached hydrogens (tertiary/aromatic N) is 4. The van der Waals surface area contributed by atoms with Crippen molar-refractivity contribution in [3.05, 3.63) is 60.4 Å². The summed E-state index contributed by atoms with van der Waals surface area (Å²) in [5.41, 5.74) is 4.23. The summed E-state index contributed by atoms with van der Waals surface area (Å²) in [6.45, 7) is 2.83. The van der Waals surface area contributed by atoms with Gasteiger partial charge in [-0.3, -0.25) is 0 Å². The first-order valence-corrected chi connectivity index (χ1v) is 11.0. The molecule has 162 valence electrons. The second kappa shape index (κ2) is 8.75. The second-order valence-corrected chi connectivity index (χ2v) is 8.28.